The van der Waals surface area contributed by atoms with Crippen molar-refractivity contribution in [2.45, 2.75) is 64.9 Å². The predicted octanol–water partition coefficient (Wildman–Crippen LogP) is 5.84. The molecule has 0 aromatic carbocycles. The zero-order valence-corrected chi connectivity index (χ0v) is 20.1. The number of carbonyl (C=O) groups is 1. The van der Waals surface area contributed by atoms with Crippen molar-refractivity contribution in [3.05, 3.63) is 52.0 Å². The van der Waals surface area contributed by atoms with Gasteiger partial charge in [-0.05, 0) is 71.3 Å². The molecule has 0 aliphatic heterocycles. The zero-order valence-electron chi connectivity index (χ0n) is 18.5. The lowest BCUT2D eigenvalue weighted by Gasteiger charge is -2.22. The molecule has 0 atom stereocenters. The van der Waals surface area contributed by atoms with Crippen LogP contribution >= 0.6 is 15.9 Å². The first kappa shape index (κ1) is 22.9. The molecular formula is C25H30BrN3O3. The maximum atomic E-state index is 11.4. The lowest BCUT2D eigenvalue weighted by atomic mass is 9.90. The number of rotatable bonds is 9. The maximum absolute atomic E-state index is 11.4. The number of carboxylic acids is 1. The Balaban J connectivity index is 1.77. The smallest absolute Gasteiger partial charge is 0.303 e. The highest BCUT2D eigenvalue weighted by Gasteiger charge is 2.21. The van der Waals surface area contributed by atoms with Crippen molar-refractivity contribution >= 4 is 27.4 Å². The van der Waals surface area contributed by atoms with E-state index in [1.54, 1.807) is 6.20 Å². The molecule has 0 amide bonds. The lowest BCUT2D eigenvalue weighted by molar-refractivity contribution is -0.136. The van der Waals surface area contributed by atoms with E-state index in [-0.39, 0.29) is 6.42 Å². The monoisotopic (exact) mass is 499 g/mol. The summed E-state index contributed by atoms with van der Waals surface area (Å²) in [5.41, 5.74) is 5.77. The molecule has 4 rings (SSSR count). The number of aryl methyl sites for hydroxylation is 1. The number of halogens is 1. The molecule has 1 saturated carbocycles. The fourth-order valence-corrected chi connectivity index (χ4v) is 5.05. The summed E-state index contributed by atoms with van der Waals surface area (Å²) in [5.74, 6) is -0.205. The standard InChI is InChI=1S/C25H30BrN3O3/c1-2-20-8-10-23-25(18-12-19(26)14-27-13-18)21(9-11-24(30)31)22(28-29(20)23)16-32-15-17-6-4-3-5-7-17/h8,10,12-14,17H,2-7,9,11,15-16H2,1H3,(H,30,31). The Morgan fingerprint density at radius 2 is 2.06 bits per heavy atom. The third kappa shape index (κ3) is 5.21. The first-order chi connectivity index (χ1) is 15.6. The maximum Gasteiger partial charge on any atom is 0.303 e. The predicted molar refractivity (Wildman–Crippen MR) is 128 cm³/mol. The van der Waals surface area contributed by atoms with E-state index in [4.69, 9.17) is 9.84 Å². The van der Waals surface area contributed by atoms with E-state index >= 15 is 0 Å². The number of hydrogen-bond donors (Lipinski definition) is 1. The number of carboxylic acid groups (broad SMARTS) is 1. The summed E-state index contributed by atoms with van der Waals surface area (Å²) >= 11 is 3.53. The van der Waals surface area contributed by atoms with E-state index in [2.05, 4.69) is 40.0 Å². The van der Waals surface area contributed by atoms with Gasteiger partial charge in [-0.1, -0.05) is 26.2 Å². The number of aliphatic carboxylic acids is 1. The molecule has 3 aromatic heterocycles. The van der Waals surface area contributed by atoms with Gasteiger partial charge in [0.25, 0.3) is 0 Å². The van der Waals surface area contributed by atoms with Crippen molar-refractivity contribution < 1.29 is 14.6 Å². The molecule has 1 aliphatic carbocycles. The summed E-state index contributed by atoms with van der Waals surface area (Å²) < 4.78 is 9.04. The van der Waals surface area contributed by atoms with Gasteiger partial charge in [-0.25, -0.2) is 4.52 Å². The SMILES string of the molecule is CCc1ccc2c(-c3cncc(Br)c3)c(CCC(=O)O)c(COCC3CCCCC3)nn12. The van der Waals surface area contributed by atoms with E-state index in [0.717, 1.165) is 51.1 Å². The molecule has 1 N–H and O–H groups in total. The minimum Gasteiger partial charge on any atom is -0.481 e. The van der Waals surface area contributed by atoms with Gasteiger partial charge in [-0.2, -0.15) is 5.10 Å². The topological polar surface area (TPSA) is 76.7 Å². The Kier molecular flexibility index (Phi) is 7.58. The van der Waals surface area contributed by atoms with E-state index in [1.807, 2.05) is 16.8 Å². The minimum absolute atomic E-state index is 0.0449. The highest BCUT2D eigenvalue weighted by atomic mass is 79.9. The largest absolute Gasteiger partial charge is 0.481 e. The van der Waals surface area contributed by atoms with Gasteiger partial charge in [-0.3, -0.25) is 9.78 Å². The average Bonchev–Trinajstić information content (AvgIpc) is 3.20. The molecule has 0 bridgehead atoms. The number of fused-ring (bicyclic) bond motifs is 1. The number of nitrogens with zero attached hydrogens (tertiary/aromatic N) is 3. The highest BCUT2D eigenvalue weighted by Crippen LogP contribution is 2.34. The molecule has 3 aromatic rings. The van der Waals surface area contributed by atoms with Crippen molar-refractivity contribution in [2.24, 2.45) is 5.92 Å². The molecule has 170 valence electrons. The summed E-state index contributed by atoms with van der Waals surface area (Å²) in [7, 11) is 0. The summed E-state index contributed by atoms with van der Waals surface area (Å²) in [6.45, 7) is 3.23. The quantitative estimate of drug-likeness (QED) is 0.400. The minimum atomic E-state index is -0.818. The summed E-state index contributed by atoms with van der Waals surface area (Å²) in [5, 5.41) is 14.3. The van der Waals surface area contributed by atoms with Gasteiger partial charge < -0.3 is 9.84 Å². The lowest BCUT2D eigenvalue weighted by Crippen LogP contribution is -2.16. The molecule has 1 fully saturated rings. The summed E-state index contributed by atoms with van der Waals surface area (Å²) in [6, 6.07) is 6.18. The van der Waals surface area contributed by atoms with E-state index in [1.165, 1.54) is 32.1 Å². The van der Waals surface area contributed by atoms with Gasteiger partial charge in [0.05, 0.1) is 17.8 Å². The van der Waals surface area contributed by atoms with E-state index in [9.17, 15) is 9.90 Å². The van der Waals surface area contributed by atoms with Crippen LogP contribution in [-0.4, -0.2) is 32.3 Å². The van der Waals surface area contributed by atoms with Crippen LogP contribution in [0.5, 0.6) is 0 Å². The average molecular weight is 500 g/mol. The molecule has 0 unspecified atom stereocenters. The number of aromatic nitrogens is 3. The Morgan fingerprint density at radius 1 is 1.25 bits per heavy atom. The van der Waals surface area contributed by atoms with Gasteiger partial charge in [0.1, 0.15) is 0 Å². The normalized spacial score (nSPS) is 14.8. The number of ether oxygens (including phenoxy) is 1. The van der Waals surface area contributed by atoms with Crippen LogP contribution in [0.2, 0.25) is 0 Å². The van der Waals surface area contributed by atoms with Crippen LogP contribution in [0.1, 0.15) is 62.4 Å². The fraction of sp³-hybridized carbons (Fsp3) is 0.480. The van der Waals surface area contributed by atoms with Crippen molar-refractivity contribution in [3.8, 4) is 11.1 Å². The zero-order chi connectivity index (χ0) is 22.5. The molecule has 1 aliphatic rings. The molecule has 0 saturated heterocycles. The van der Waals surface area contributed by atoms with Crippen LogP contribution in [0.3, 0.4) is 0 Å². The molecule has 32 heavy (non-hydrogen) atoms. The van der Waals surface area contributed by atoms with Crippen LogP contribution in [0.25, 0.3) is 16.6 Å². The van der Waals surface area contributed by atoms with Crippen molar-refractivity contribution in [1.29, 1.82) is 0 Å². The van der Waals surface area contributed by atoms with Gasteiger partial charge in [0.15, 0.2) is 0 Å². The molecule has 3 heterocycles. The second-order valence-corrected chi connectivity index (χ2v) is 9.50. The van der Waals surface area contributed by atoms with Crippen molar-refractivity contribution in [1.82, 2.24) is 14.6 Å². The van der Waals surface area contributed by atoms with Crippen molar-refractivity contribution in [2.75, 3.05) is 6.61 Å². The number of hydrogen-bond acceptors (Lipinski definition) is 4. The fourth-order valence-electron chi connectivity index (χ4n) is 4.69. The van der Waals surface area contributed by atoms with Crippen LogP contribution < -0.4 is 0 Å². The number of pyridine rings is 1. The Morgan fingerprint density at radius 3 is 2.78 bits per heavy atom. The second-order valence-electron chi connectivity index (χ2n) is 8.58. The van der Waals surface area contributed by atoms with E-state index < -0.39 is 5.97 Å². The van der Waals surface area contributed by atoms with Gasteiger partial charge in [0.2, 0.25) is 0 Å². The first-order valence-electron chi connectivity index (χ1n) is 11.5. The van der Waals surface area contributed by atoms with Crippen molar-refractivity contribution in [3.63, 3.8) is 0 Å². The van der Waals surface area contributed by atoms with Crippen LogP contribution in [0.4, 0.5) is 0 Å². The Labute approximate surface area is 197 Å². The summed E-state index contributed by atoms with van der Waals surface area (Å²) in [6.07, 6.45) is 11.2. The first-order valence-corrected chi connectivity index (χ1v) is 12.3. The van der Waals surface area contributed by atoms with Gasteiger partial charge in [0, 0.05) is 46.7 Å². The van der Waals surface area contributed by atoms with Gasteiger partial charge >= 0.3 is 5.97 Å². The second kappa shape index (κ2) is 10.6. The van der Waals surface area contributed by atoms with Crippen LogP contribution in [0.15, 0.2) is 35.1 Å². The third-order valence-corrected chi connectivity index (χ3v) is 6.76. The molecule has 6 nitrogen and oxygen atoms in total. The Hall–Kier alpha value is -2.25. The third-order valence-electron chi connectivity index (χ3n) is 6.32. The van der Waals surface area contributed by atoms with Crippen LogP contribution in [0, 0.1) is 5.92 Å². The molecule has 7 heteroatoms. The highest BCUT2D eigenvalue weighted by molar-refractivity contribution is 9.10. The van der Waals surface area contributed by atoms with E-state index in [0.29, 0.717) is 18.9 Å². The van der Waals surface area contributed by atoms with Gasteiger partial charge in [-0.15, -0.1) is 0 Å². The molecule has 0 spiro atoms. The molecular weight excluding hydrogens is 470 g/mol. The Bertz CT molecular complexity index is 1090. The summed E-state index contributed by atoms with van der Waals surface area (Å²) in [4.78, 5) is 15.8. The van der Waals surface area contributed by atoms with Crippen LogP contribution in [-0.2, 0) is 29.0 Å². The molecule has 0 radical (unpaired) electrons.